The second-order valence-corrected chi connectivity index (χ2v) is 8.82. The molecule has 1 saturated heterocycles. The molecule has 2 aromatic rings. The Morgan fingerprint density at radius 2 is 1.55 bits per heavy atom. The zero-order valence-corrected chi connectivity index (χ0v) is 22.8. The summed E-state index contributed by atoms with van der Waals surface area (Å²) in [5.74, 6) is -3.29. The van der Waals surface area contributed by atoms with E-state index in [4.69, 9.17) is 56.1 Å². The molecule has 1 fully saturated rings. The monoisotopic (exact) mass is 604 g/mol. The lowest BCUT2D eigenvalue weighted by atomic mass is 9.98. The van der Waals surface area contributed by atoms with Crippen molar-refractivity contribution in [3.63, 3.8) is 0 Å². The summed E-state index contributed by atoms with van der Waals surface area (Å²) in [6.45, 7) is 3.73. The van der Waals surface area contributed by atoms with Gasteiger partial charge >= 0.3 is 29.9 Å². The van der Waals surface area contributed by atoms with Crippen molar-refractivity contribution >= 4 is 59.2 Å². The third kappa shape index (κ3) is 8.24. The van der Waals surface area contributed by atoms with Crippen LogP contribution in [0.5, 0.6) is 0 Å². The molecule has 16 nitrogen and oxygen atoms in total. The number of halogens is 2. The molecule has 3 rings (SSSR count). The number of hydrogen-bond acceptors (Lipinski definition) is 15. The van der Waals surface area contributed by atoms with Crippen molar-refractivity contribution in [3.8, 4) is 5.69 Å². The topological polar surface area (TPSA) is 202 Å². The van der Waals surface area contributed by atoms with Crippen LogP contribution in [0, 0.1) is 0 Å². The smallest absolute Gasteiger partial charge is 0.416 e. The Hall–Kier alpha value is -4.02. The number of benzene rings is 1. The largest absolute Gasteiger partial charge is 0.569 e. The fourth-order valence-corrected chi connectivity index (χ4v) is 3.73. The van der Waals surface area contributed by atoms with Gasteiger partial charge in [0.05, 0.1) is 10.0 Å². The number of ether oxygens (including phenoxy) is 6. The van der Waals surface area contributed by atoms with Gasteiger partial charge in [-0.3, -0.25) is 23.7 Å². The lowest BCUT2D eigenvalue weighted by Gasteiger charge is -2.46. The highest BCUT2D eigenvalue weighted by atomic mass is 35.5. The number of carbonyl (C=O) groups excluding carboxylic acids is 4. The van der Waals surface area contributed by atoms with Crippen molar-refractivity contribution in [2.24, 2.45) is 4.99 Å². The molecule has 0 unspecified atom stereocenters. The third-order valence-corrected chi connectivity index (χ3v) is 5.61. The van der Waals surface area contributed by atoms with Crippen LogP contribution in [0.4, 0.5) is 6.01 Å². The molecule has 1 aromatic heterocycles. The van der Waals surface area contributed by atoms with E-state index in [0.717, 1.165) is 32.5 Å². The number of esters is 4. The number of carbonyl (C=O) groups is 4. The lowest BCUT2D eigenvalue weighted by molar-refractivity contribution is -0.724. The van der Waals surface area contributed by atoms with Crippen LogP contribution in [0.1, 0.15) is 27.7 Å². The molecule has 0 saturated carbocycles. The first kappa shape index (κ1) is 30.5. The van der Waals surface area contributed by atoms with Crippen molar-refractivity contribution in [1.29, 1.82) is 0 Å². The van der Waals surface area contributed by atoms with Gasteiger partial charge in [-0.25, -0.2) is 0 Å². The molecule has 0 radical (unpaired) electrons. The summed E-state index contributed by atoms with van der Waals surface area (Å²) in [6, 6.07) is 3.88. The van der Waals surface area contributed by atoms with Crippen LogP contribution >= 0.6 is 23.2 Å². The highest BCUT2D eigenvalue weighted by Gasteiger charge is 2.51. The standard InChI is InChI=1S/C22H22Cl2N4O12/c1-9(29)34-8-16-17(35-10(2)30)18(36-11(3)31)19(37-12(4)32)20(38-16)39-22(33)25-21-26-28(27-40-21)13-5-6-14(23)15(24)7-13/h5-7,16-20H,8H2,1-4H3/t16-,17+,18+,19-,20+/m1/s1. The summed E-state index contributed by atoms with van der Waals surface area (Å²) >= 11 is 11.9. The van der Waals surface area contributed by atoms with Gasteiger partial charge in [0.2, 0.25) is 5.27 Å². The molecule has 40 heavy (non-hydrogen) atoms. The SMILES string of the molecule is CC(=O)OC[C@H]1O[C@@H](O/C([O-])=N/c2n[n+](-c3ccc(Cl)c(Cl)c3)no2)[C@H](OC(C)=O)[C@@H](OC(C)=O)[C@H]1OC(C)=O. The van der Waals surface area contributed by atoms with Crippen molar-refractivity contribution < 1.29 is 62.0 Å². The molecule has 0 N–H and O–H groups in total. The summed E-state index contributed by atoms with van der Waals surface area (Å²) in [5.41, 5.74) is 0.326. The molecule has 18 heteroatoms. The second kappa shape index (κ2) is 13.4. The van der Waals surface area contributed by atoms with Crippen LogP contribution in [-0.4, -0.2) is 77.6 Å². The van der Waals surface area contributed by atoms with Crippen LogP contribution in [-0.2, 0) is 47.6 Å². The van der Waals surface area contributed by atoms with Crippen molar-refractivity contribution in [2.75, 3.05) is 6.61 Å². The maximum atomic E-state index is 12.7. The number of aliphatic imine (C=N–C) groups is 1. The molecule has 0 amide bonds. The van der Waals surface area contributed by atoms with Crippen molar-refractivity contribution in [2.45, 2.75) is 58.4 Å². The number of rotatable bonds is 8. The van der Waals surface area contributed by atoms with E-state index in [1.54, 1.807) is 0 Å². The Labute approximate surface area is 235 Å². The Balaban J connectivity index is 1.91. The van der Waals surface area contributed by atoms with Crippen molar-refractivity contribution in [1.82, 2.24) is 10.4 Å². The normalized spacial score (nSPS) is 22.6. The van der Waals surface area contributed by atoms with Crippen LogP contribution in [0.25, 0.3) is 5.69 Å². The Morgan fingerprint density at radius 3 is 2.15 bits per heavy atom. The van der Waals surface area contributed by atoms with E-state index < -0.39 is 73.3 Å². The lowest BCUT2D eigenvalue weighted by Crippen LogP contribution is -2.63. The minimum atomic E-state index is -1.79. The van der Waals surface area contributed by atoms with Gasteiger partial charge in [-0.1, -0.05) is 23.2 Å². The van der Waals surface area contributed by atoms with E-state index in [1.807, 2.05) is 0 Å². The highest BCUT2D eigenvalue weighted by Crippen LogP contribution is 2.30. The Kier molecular flexibility index (Phi) is 10.2. The molecule has 0 spiro atoms. The van der Waals surface area contributed by atoms with Gasteiger partial charge < -0.3 is 33.5 Å². The maximum Gasteiger partial charge on any atom is 0.416 e. The van der Waals surface area contributed by atoms with E-state index in [1.165, 1.54) is 18.2 Å². The van der Waals surface area contributed by atoms with Gasteiger partial charge in [0.15, 0.2) is 30.7 Å². The average Bonchev–Trinajstić information content (AvgIpc) is 3.30. The summed E-state index contributed by atoms with van der Waals surface area (Å²) in [5, 5.41) is 20.6. The van der Waals surface area contributed by atoms with E-state index in [9.17, 15) is 24.3 Å². The molecule has 2 heterocycles. The van der Waals surface area contributed by atoms with Gasteiger partial charge in [0.1, 0.15) is 22.6 Å². The van der Waals surface area contributed by atoms with Crippen molar-refractivity contribution in [3.05, 3.63) is 28.2 Å². The summed E-state index contributed by atoms with van der Waals surface area (Å²) in [6.07, 6.45) is -9.09. The average molecular weight is 605 g/mol. The van der Waals surface area contributed by atoms with Crippen LogP contribution in [0.3, 0.4) is 0 Å². The molecule has 1 aromatic carbocycles. The minimum absolute atomic E-state index is 0.207. The first-order chi connectivity index (χ1) is 18.8. The van der Waals surface area contributed by atoms with Gasteiger partial charge in [-0.05, 0) is 6.07 Å². The quantitative estimate of drug-likeness (QED) is 0.129. The number of aromatic nitrogens is 3. The van der Waals surface area contributed by atoms with Crippen LogP contribution in [0.2, 0.25) is 10.0 Å². The zero-order valence-electron chi connectivity index (χ0n) is 21.3. The predicted octanol–water partition coefficient (Wildman–Crippen LogP) is 0.101. The zero-order chi connectivity index (χ0) is 29.6. The molecular weight excluding hydrogens is 583 g/mol. The van der Waals surface area contributed by atoms with Gasteiger partial charge in [-0.2, -0.15) is 4.99 Å². The molecule has 1 aliphatic rings. The Bertz CT molecular complexity index is 1300. The van der Waals surface area contributed by atoms with E-state index in [2.05, 4.69) is 15.4 Å². The van der Waals surface area contributed by atoms with E-state index in [0.29, 0.717) is 5.69 Å². The van der Waals surface area contributed by atoms with E-state index in [-0.39, 0.29) is 10.0 Å². The molecule has 0 aliphatic carbocycles. The van der Waals surface area contributed by atoms with E-state index >= 15 is 0 Å². The summed E-state index contributed by atoms with van der Waals surface area (Å²) in [7, 11) is 0. The number of hydrogen-bond donors (Lipinski definition) is 0. The first-order valence-electron chi connectivity index (χ1n) is 11.3. The molecule has 1 aliphatic heterocycles. The molecular formula is C22H22Cl2N4O12. The highest BCUT2D eigenvalue weighted by molar-refractivity contribution is 6.42. The second-order valence-electron chi connectivity index (χ2n) is 8.01. The fourth-order valence-electron chi connectivity index (χ4n) is 3.44. The summed E-state index contributed by atoms with van der Waals surface area (Å²) < 4.78 is 36.4. The third-order valence-electron chi connectivity index (χ3n) is 4.87. The minimum Gasteiger partial charge on any atom is -0.569 e. The van der Waals surface area contributed by atoms with Gasteiger partial charge in [0, 0.05) is 39.8 Å². The molecule has 216 valence electrons. The predicted molar refractivity (Wildman–Crippen MR) is 126 cm³/mol. The first-order valence-corrected chi connectivity index (χ1v) is 12.0. The number of nitrogens with zero attached hydrogens (tertiary/aromatic N) is 4. The molecule has 0 bridgehead atoms. The Morgan fingerprint density at radius 1 is 0.925 bits per heavy atom. The maximum absolute atomic E-state index is 12.7. The van der Waals surface area contributed by atoms with Crippen LogP contribution in [0.15, 0.2) is 27.7 Å². The van der Waals surface area contributed by atoms with Gasteiger partial charge in [-0.15, -0.1) is 0 Å². The molecule has 5 atom stereocenters. The summed E-state index contributed by atoms with van der Waals surface area (Å²) in [4.78, 5) is 51.4. The van der Waals surface area contributed by atoms with Gasteiger partial charge in [0.25, 0.3) is 5.69 Å². The van der Waals surface area contributed by atoms with Crippen LogP contribution < -0.4 is 9.90 Å². The fraction of sp³-hybridized carbons (Fsp3) is 0.455.